The second-order valence-electron chi connectivity index (χ2n) is 4.10. The molecule has 1 aromatic heterocycles. The zero-order chi connectivity index (χ0) is 12.4. The number of benzene rings is 1. The molecule has 0 amide bonds. The minimum Gasteiger partial charge on any atom is -0.493 e. The highest BCUT2D eigenvalue weighted by molar-refractivity contribution is 5.41. The maximum atomic E-state index is 12.7. The zero-order valence-electron chi connectivity index (χ0n) is 9.64. The number of nitrogens with zero attached hydrogens (tertiary/aromatic N) is 2. The van der Waals surface area contributed by atoms with Crippen LogP contribution in [0.5, 0.6) is 5.75 Å². The van der Waals surface area contributed by atoms with Gasteiger partial charge in [-0.25, -0.2) is 14.4 Å². The van der Waals surface area contributed by atoms with Gasteiger partial charge in [0, 0.05) is 12.0 Å². The molecule has 0 spiro atoms. The van der Waals surface area contributed by atoms with Gasteiger partial charge in [0.1, 0.15) is 5.75 Å². The minimum absolute atomic E-state index is 0.0976. The first-order valence-electron chi connectivity index (χ1n) is 5.79. The number of fused-ring (bicyclic) bond motifs is 1. The molecule has 2 aromatic rings. The first-order chi connectivity index (χ1) is 8.83. The quantitative estimate of drug-likeness (QED) is 0.883. The van der Waals surface area contributed by atoms with E-state index in [1.54, 1.807) is 0 Å². The molecule has 1 aliphatic rings. The van der Waals surface area contributed by atoms with Crippen molar-refractivity contribution in [3.63, 3.8) is 0 Å². The summed E-state index contributed by atoms with van der Waals surface area (Å²) in [4.78, 5) is 7.81. The van der Waals surface area contributed by atoms with E-state index in [0.717, 1.165) is 30.1 Å². The van der Waals surface area contributed by atoms with Crippen molar-refractivity contribution in [2.45, 2.75) is 12.5 Å². The molecule has 0 fully saturated rings. The second-order valence-corrected chi connectivity index (χ2v) is 4.10. The Morgan fingerprint density at radius 1 is 1.22 bits per heavy atom. The summed E-state index contributed by atoms with van der Waals surface area (Å²) in [5.41, 5.74) is 1.08. The zero-order valence-corrected chi connectivity index (χ0v) is 9.64. The molecule has 2 heterocycles. The minimum atomic E-state index is -0.437. The standard InChI is InChI=1S/C13H12FN3O/c14-9-7-15-13(16-8-9)17-11-5-6-18-12-4-2-1-3-10(11)12/h1-4,7-8,11H,5-6H2,(H,15,16,17). The van der Waals surface area contributed by atoms with E-state index in [1.165, 1.54) is 0 Å². The summed E-state index contributed by atoms with van der Waals surface area (Å²) in [5, 5.41) is 3.20. The summed E-state index contributed by atoms with van der Waals surface area (Å²) < 4.78 is 18.3. The molecule has 0 saturated heterocycles. The van der Waals surface area contributed by atoms with Crippen LogP contribution in [0.3, 0.4) is 0 Å². The first kappa shape index (κ1) is 11.0. The Kier molecular flexibility index (Phi) is 2.80. The van der Waals surface area contributed by atoms with E-state index in [1.807, 2.05) is 24.3 Å². The number of hydrogen-bond acceptors (Lipinski definition) is 4. The predicted octanol–water partition coefficient (Wildman–Crippen LogP) is 2.55. The van der Waals surface area contributed by atoms with Gasteiger partial charge in [-0.3, -0.25) is 0 Å². The smallest absolute Gasteiger partial charge is 0.223 e. The Labute approximate surface area is 104 Å². The fraction of sp³-hybridized carbons (Fsp3) is 0.231. The van der Waals surface area contributed by atoms with Crippen molar-refractivity contribution in [2.75, 3.05) is 11.9 Å². The molecule has 0 radical (unpaired) electrons. The number of para-hydroxylation sites is 1. The van der Waals surface area contributed by atoms with Gasteiger partial charge >= 0.3 is 0 Å². The van der Waals surface area contributed by atoms with Crippen molar-refractivity contribution >= 4 is 5.95 Å². The van der Waals surface area contributed by atoms with Crippen LogP contribution in [0.15, 0.2) is 36.7 Å². The summed E-state index contributed by atoms with van der Waals surface area (Å²) in [6.07, 6.45) is 3.14. The summed E-state index contributed by atoms with van der Waals surface area (Å²) >= 11 is 0. The fourth-order valence-electron chi connectivity index (χ4n) is 2.03. The highest BCUT2D eigenvalue weighted by atomic mass is 19.1. The normalized spacial score (nSPS) is 17.7. The number of rotatable bonds is 2. The van der Waals surface area contributed by atoms with Crippen molar-refractivity contribution in [1.29, 1.82) is 0 Å². The van der Waals surface area contributed by atoms with Gasteiger partial charge in [-0.15, -0.1) is 0 Å². The Bertz CT molecular complexity index is 544. The largest absolute Gasteiger partial charge is 0.493 e. The predicted molar refractivity (Wildman–Crippen MR) is 64.9 cm³/mol. The highest BCUT2D eigenvalue weighted by Gasteiger charge is 2.21. The van der Waals surface area contributed by atoms with Crippen LogP contribution >= 0.6 is 0 Å². The first-order valence-corrected chi connectivity index (χ1v) is 5.79. The van der Waals surface area contributed by atoms with Gasteiger partial charge in [0.05, 0.1) is 25.0 Å². The Morgan fingerprint density at radius 3 is 2.83 bits per heavy atom. The summed E-state index contributed by atoms with van der Waals surface area (Å²) in [7, 11) is 0. The molecule has 92 valence electrons. The summed E-state index contributed by atoms with van der Waals surface area (Å²) in [6.45, 7) is 0.649. The Hall–Kier alpha value is -2.17. The molecule has 4 nitrogen and oxygen atoms in total. The molecule has 3 rings (SSSR count). The van der Waals surface area contributed by atoms with E-state index >= 15 is 0 Å². The van der Waals surface area contributed by atoms with E-state index in [4.69, 9.17) is 4.74 Å². The van der Waals surface area contributed by atoms with Crippen LogP contribution in [-0.4, -0.2) is 16.6 Å². The van der Waals surface area contributed by atoms with Gasteiger partial charge in [-0.05, 0) is 6.07 Å². The lowest BCUT2D eigenvalue weighted by Crippen LogP contribution is -2.21. The fourth-order valence-corrected chi connectivity index (χ4v) is 2.03. The summed E-state index contributed by atoms with van der Waals surface area (Å²) in [6, 6.07) is 7.95. The van der Waals surface area contributed by atoms with Crippen molar-refractivity contribution in [3.05, 3.63) is 48.0 Å². The van der Waals surface area contributed by atoms with Crippen molar-refractivity contribution in [3.8, 4) is 5.75 Å². The van der Waals surface area contributed by atoms with Crippen molar-refractivity contribution < 1.29 is 9.13 Å². The molecular formula is C13H12FN3O. The Morgan fingerprint density at radius 2 is 2.00 bits per heavy atom. The molecule has 1 unspecified atom stereocenters. The van der Waals surface area contributed by atoms with Crippen molar-refractivity contribution in [1.82, 2.24) is 9.97 Å². The SMILES string of the molecule is Fc1cnc(NC2CCOc3ccccc32)nc1. The van der Waals surface area contributed by atoms with Gasteiger partial charge in [0.25, 0.3) is 0 Å². The molecule has 0 saturated carbocycles. The van der Waals surface area contributed by atoms with Crippen LogP contribution < -0.4 is 10.1 Å². The number of nitrogens with one attached hydrogen (secondary N) is 1. The van der Waals surface area contributed by atoms with Crippen LogP contribution in [0, 0.1) is 5.82 Å². The van der Waals surface area contributed by atoms with Gasteiger partial charge in [0.2, 0.25) is 5.95 Å². The number of halogens is 1. The van der Waals surface area contributed by atoms with E-state index < -0.39 is 5.82 Å². The molecule has 0 bridgehead atoms. The second kappa shape index (κ2) is 4.60. The average molecular weight is 245 g/mol. The lowest BCUT2D eigenvalue weighted by molar-refractivity contribution is 0.274. The number of hydrogen-bond donors (Lipinski definition) is 1. The molecule has 1 aromatic carbocycles. The lowest BCUT2D eigenvalue weighted by atomic mass is 10.0. The van der Waals surface area contributed by atoms with Gasteiger partial charge < -0.3 is 10.1 Å². The van der Waals surface area contributed by atoms with Crippen LogP contribution in [0.25, 0.3) is 0 Å². The average Bonchev–Trinajstić information content (AvgIpc) is 2.42. The maximum Gasteiger partial charge on any atom is 0.223 e. The molecule has 1 aliphatic heterocycles. The van der Waals surface area contributed by atoms with Crippen LogP contribution in [0.4, 0.5) is 10.3 Å². The number of ether oxygens (including phenoxy) is 1. The van der Waals surface area contributed by atoms with Gasteiger partial charge in [0.15, 0.2) is 5.82 Å². The van der Waals surface area contributed by atoms with Gasteiger partial charge in [-0.2, -0.15) is 0 Å². The molecule has 1 atom stereocenters. The topological polar surface area (TPSA) is 47.0 Å². The van der Waals surface area contributed by atoms with Crippen LogP contribution in [-0.2, 0) is 0 Å². The van der Waals surface area contributed by atoms with E-state index in [9.17, 15) is 4.39 Å². The van der Waals surface area contributed by atoms with E-state index in [0.29, 0.717) is 12.6 Å². The lowest BCUT2D eigenvalue weighted by Gasteiger charge is -2.26. The third-order valence-electron chi connectivity index (χ3n) is 2.88. The van der Waals surface area contributed by atoms with E-state index in [-0.39, 0.29) is 6.04 Å². The third kappa shape index (κ3) is 2.11. The molecule has 0 aliphatic carbocycles. The van der Waals surface area contributed by atoms with Gasteiger partial charge in [-0.1, -0.05) is 18.2 Å². The number of aromatic nitrogens is 2. The molecule has 5 heteroatoms. The Balaban J connectivity index is 1.84. The maximum absolute atomic E-state index is 12.7. The monoisotopic (exact) mass is 245 g/mol. The molecule has 18 heavy (non-hydrogen) atoms. The van der Waals surface area contributed by atoms with Crippen molar-refractivity contribution in [2.24, 2.45) is 0 Å². The van der Waals surface area contributed by atoms with Crippen LogP contribution in [0.2, 0.25) is 0 Å². The highest BCUT2D eigenvalue weighted by Crippen LogP contribution is 2.33. The summed E-state index contributed by atoms with van der Waals surface area (Å²) in [5.74, 6) is 0.870. The molecule has 1 N–H and O–H groups in total. The van der Waals surface area contributed by atoms with E-state index in [2.05, 4.69) is 15.3 Å². The molecular weight excluding hydrogens is 233 g/mol. The number of anilines is 1. The van der Waals surface area contributed by atoms with Crippen LogP contribution in [0.1, 0.15) is 18.0 Å². The third-order valence-corrected chi connectivity index (χ3v) is 2.88.